The Morgan fingerprint density at radius 1 is 1.09 bits per heavy atom. The molecule has 1 aromatic rings. The van der Waals surface area contributed by atoms with Gasteiger partial charge in [0.2, 0.25) is 11.8 Å². The fourth-order valence-corrected chi connectivity index (χ4v) is 2.53. The van der Waals surface area contributed by atoms with Crippen LogP contribution >= 0.6 is 0 Å². The molecule has 0 bridgehead atoms. The van der Waals surface area contributed by atoms with Crippen molar-refractivity contribution in [1.82, 2.24) is 15.5 Å². The quantitative estimate of drug-likeness (QED) is 0.481. The van der Waals surface area contributed by atoms with Gasteiger partial charge in [-0.15, -0.1) is 0 Å². The van der Waals surface area contributed by atoms with E-state index < -0.39 is 17.4 Å². The van der Waals surface area contributed by atoms with Gasteiger partial charge in [0.05, 0.1) is 6.54 Å². The zero-order valence-electron chi connectivity index (χ0n) is 22.9. The molecule has 0 saturated heterocycles. The van der Waals surface area contributed by atoms with Crippen molar-refractivity contribution >= 4 is 17.8 Å². The molecule has 194 valence electrons. The molecule has 1 atom stereocenters. The molecular formula is C27H47N3O4. The van der Waals surface area contributed by atoms with Gasteiger partial charge in [0, 0.05) is 19.2 Å². The number of aliphatic carboxylic acids is 1. The van der Waals surface area contributed by atoms with Crippen molar-refractivity contribution in [3.8, 4) is 0 Å². The predicted octanol–water partition coefficient (Wildman–Crippen LogP) is 4.45. The lowest BCUT2D eigenvalue weighted by Crippen LogP contribution is -2.55. The van der Waals surface area contributed by atoms with Gasteiger partial charge in [-0.25, -0.2) is 4.79 Å². The molecule has 7 heteroatoms. The van der Waals surface area contributed by atoms with Gasteiger partial charge < -0.3 is 20.6 Å². The zero-order valence-corrected chi connectivity index (χ0v) is 22.9. The highest BCUT2D eigenvalue weighted by Gasteiger charge is 2.34. The maximum absolute atomic E-state index is 12.5. The van der Waals surface area contributed by atoms with Crippen LogP contribution in [-0.4, -0.2) is 61.0 Å². The van der Waals surface area contributed by atoms with Gasteiger partial charge in [0.15, 0.2) is 0 Å². The number of carboxylic acids is 1. The van der Waals surface area contributed by atoms with Crippen LogP contribution in [-0.2, 0) is 14.4 Å². The summed E-state index contributed by atoms with van der Waals surface area (Å²) in [6, 6.07) is 9.84. The number of hydrogen-bond acceptors (Lipinski definition) is 4. The van der Waals surface area contributed by atoms with E-state index in [0.717, 1.165) is 0 Å². The molecule has 0 aliphatic rings. The number of amides is 2. The van der Waals surface area contributed by atoms with Gasteiger partial charge in [-0.3, -0.25) is 9.59 Å². The molecule has 0 aliphatic heterocycles. The summed E-state index contributed by atoms with van der Waals surface area (Å²) in [7, 11) is 3.23. The number of carboxylic acid groups (broad SMARTS) is 1. The molecular weight excluding hydrogens is 430 g/mol. The minimum absolute atomic E-state index is 0.127. The number of benzene rings is 1. The van der Waals surface area contributed by atoms with Crippen LogP contribution in [0.1, 0.15) is 73.3 Å². The van der Waals surface area contributed by atoms with E-state index in [1.807, 2.05) is 26.8 Å². The van der Waals surface area contributed by atoms with Gasteiger partial charge in [0.25, 0.3) is 0 Å². The summed E-state index contributed by atoms with van der Waals surface area (Å²) >= 11 is 0. The molecule has 34 heavy (non-hydrogen) atoms. The Morgan fingerprint density at radius 2 is 1.59 bits per heavy atom. The van der Waals surface area contributed by atoms with Crippen LogP contribution < -0.4 is 10.6 Å². The first-order chi connectivity index (χ1) is 15.7. The second-order valence-electron chi connectivity index (χ2n) is 9.58. The molecule has 1 aromatic carbocycles. The Balaban J connectivity index is 0. The van der Waals surface area contributed by atoms with Crippen molar-refractivity contribution in [2.24, 2.45) is 5.41 Å². The van der Waals surface area contributed by atoms with E-state index in [-0.39, 0.29) is 30.5 Å². The summed E-state index contributed by atoms with van der Waals surface area (Å²) in [5.41, 5.74) is 1.13. The lowest BCUT2D eigenvalue weighted by molar-refractivity contribution is -0.137. The zero-order chi connectivity index (χ0) is 26.9. The first-order valence-electron chi connectivity index (χ1n) is 11.9. The van der Waals surface area contributed by atoms with E-state index in [0.29, 0.717) is 5.92 Å². The monoisotopic (exact) mass is 477 g/mol. The van der Waals surface area contributed by atoms with Gasteiger partial charge in [0.1, 0.15) is 6.04 Å². The van der Waals surface area contributed by atoms with Crippen LogP contribution in [0.4, 0.5) is 0 Å². The third-order valence-electron chi connectivity index (χ3n) is 4.61. The van der Waals surface area contributed by atoms with Crippen LogP contribution in [0, 0.1) is 5.41 Å². The molecule has 3 N–H and O–H groups in total. The normalized spacial score (nSPS) is 11.9. The van der Waals surface area contributed by atoms with Crippen LogP contribution in [0.2, 0.25) is 0 Å². The molecule has 7 nitrogen and oxygen atoms in total. The molecule has 0 aromatic heterocycles. The summed E-state index contributed by atoms with van der Waals surface area (Å²) in [6.07, 6.45) is 2.72. The maximum atomic E-state index is 12.5. The standard InChI is InChI=1S/C15H27N3O4.C9H12.C3H8/c1-10(14(21)22)7-8-18(6)13(20)12(15(2,3)4)17-11(19)9-16-5;1-8(2)9-6-4-3-5-7-9;1-3-2/h7,12,16H,8-9H2,1-6H3,(H,17,19)(H,21,22);3-8H,1-2H3;3H2,1-2H3/b10-7+;;. The maximum Gasteiger partial charge on any atom is 0.331 e. The van der Waals surface area contributed by atoms with E-state index in [4.69, 9.17) is 5.11 Å². The summed E-state index contributed by atoms with van der Waals surface area (Å²) in [4.78, 5) is 36.4. The van der Waals surface area contributed by atoms with E-state index in [1.165, 1.54) is 29.9 Å². The molecule has 0 radical (unpaired) electrons. The lowest BCUT2D eigenvalue weighted by atomic mass is 9.85. The Morgan fingerprint density at radius 3 is 1.94 bits per heavy atom. The van der Waals surface area contributed by atoms with Gasteiger partial charge in [-0.05, 0) is 30.9 Å². The summed E-state index contributed by atoms with van der Waals surface area (Å²) < 4.78 is 0. The third kappa shape index (κ3) is 15.2. The number of carbonyl (C=O) groups is 3. The first kappa shape index (κ1) is 33.5. The second kappa shape index (κ2) is 17.8. The fourth-order valence-electron chi connectivity index (χ4n) is 2.53. The van der Waals surface area contributed by atoms with Crippen molar-refractivity contribution in [3.63, 3.8) is 0 Å². The molecule has 0 spiro atoms. The molecule has 0 heterocycles. The minimum Gasteiger partial charge on any atom is -0.478 e. The molecule has 1 unspecified atom stereocenters. The smallest absolute Gasteiger partial charge is 0.331 e. The van der Waals surface area contributed by atoms with E-state index in [1.54, 1.807) is 14.1 Å². The average molecular weight is 478 g/mol. The Kier molecular flexibility index (Phi) is 17.5. The van der Waals surface area contributed by atoms with Gasteiger partial charge in [-0.2, -0.15) is 0 Å². The fraction of sp³-hybridized carbons (Fsp3) is 0.593. The highest BCUT2D eigenvalue weighted by atomic mass is 16.4. The third-order valence-corrected chi connectivity index (χ3v) is 4.61. The second-order valence-corrected chi connectivity index (χ2v) is 9.58. The Bertz CT molecular complexity index is 753. The molecule has 0 aliphatic carbocycles. The van der Waals surface area contributed by atoms with Crippen molar-refractivity contribution in [1.29, 1.82) is 0 Å². The van der Waals surface area contributed by atoms with Gasteiger partial charge >= 0.3 is 5.97 Å². The minimum atomic E-state index is -1.02. The van der Waals surface area contributed by atoms with Crippen molar-refractivity contribution in [2.75, 3.05) is 27.2 Å². The van der Waals surface area contributed by atoms with Crippen molar-refractivity contribution < 1.29 is 19.5 Å². The number of likely N-dealkylation sites (N-methyl/N-ethyl adjacent to an activating group) is 2. The number of hydrogen-bond donors (Lipinski definition) is 3. The average Bonchev–Trinajstić information content (AvgIpc) is 2.76. The SMILES string of the molecule is CC(C)c1ccccc1.CCC.CNCC(=O)NC(C(=O)N(C)C/C=C(\C)C(=O)O)C(C)(C)C. The topological polar surface area (TPSA) is 98.7 Å². The van der Waals surface area contributed by atoms with Crippen molar-refractivity contribution in [3.05, 3.63) is 47.5 Å². The number of rotatable bonds is 8. The summed E-state index contributed by atoms with van der Waals surface area (Å²) in [5, 5.41) is 14.3. The number of nitrogens with zero attached hydrogens (tertiary/aromatic N) is 1. The Hall–Kier alpha value is -2.67. The summed E-state index contributed by atoms with van der Waals surface area (Å²) in [5.74, 6) is -0.880. The van der Waals surface area contributed by atoms with Crippen LogP contribution in [0.5, 0.6) is 0 Å². The first-order valence-corrected chi connectivity index (χ1v) is 11.9. The van der Waals surface area contributed by atoms with E-state index >= 15 is 0 Å². The van der Waals surface area contributed by atoms with Gasteiger partial charge in [-0.1, -0.05) is 91.3 Å². The summed E-state index contributed by atoms with van der Waals surface area (Å²) in [6.45, 7) is 16.0. The predicted molar refractivity (Wildman–Crippen MR) is 141 cm³/mol. The lowest BCUT2D eigenvalue weighted by Gasteiger charge is -2.33. The number of nitrogens with one attached hydrogen (secondary N) is 2. The van der Waals surface area contributed by atoms with E-state index in [9.17, 15) is 14.4 Å². The highest BCUT2D eigenvalue weighted by Crippen LogP contribution is 2.21. The number of carbonyl (C=O) groups excluding carboxylic acids is 2. The molecule has 0 saturated carbocycles. The van der Waals surface area contributed by atoms with E-state index in [2.05, 4.69) is 62.6 Å². The highest BCUT2D eigenvalue weighted by molar-refractivity contribution is 5.89. The van der Waals surface area contributed by atoms with Crippen LogP contribution in [0.3, 0.4) is 0 Å². The van der Waals surface area contributed by atoms with Crippen LogP contribution in [0.25, 0.3) is 0 Å². The molecule has 0 fully saturated rings. The van der Waals surface area contributed by atoms with Crippen LogP contribution in [0.15, 0.2) is 42.0 Å². The molecule has 1 rings (SSSR count). The largest absolute Gasteiger partial charge is 0.478 e. The van der Waals surface area contributed by atoms with Crippen molar-refractivity contribution in [2.45, 2.75) is 73.8 Å². The molecule has 2 amide bonds. The Labute approximate surface area is 207 Å².